The Morgan fingerprint density at radius 1 is 0.613 bits per heavy atom. The first-order valence-electron chi connectivity index (χ1n) is 11.3. The van der Waals surface area contributed by atoms with Gasteiger partial charge in [0.05, 0.1) is 0 Å². The molecule has 0 bridgehead atoms. The summed E-state index contributed by atoms with van der Waals surface area (Å²) >= 11 is 0. The van der Waals surface area contributed by atoms with Gasteiger partial charge in [-0.15, -0.1) is 0 Å². The van der Waals surface area contributed by atoms with Gasteiger partial charge in [0.2, 0.25) is 0 Å². The highest BCUT2D eigenvalue weighted by atomic mass is 14.2. The summed E-state index contributed by atoms with van der Waals surface area (Å²) in [6.07, 6.45) is 3.29. The lowest BCUT2D eigenvalue weighted by Gasteiger charge is -2.20. The molecule has 0 aliphatic heterocycles. The lowest BCUT2D eigenvalue weighted by molar-refractivity contribution is 0.623. The Balaban J connectivity index is 1.52. The summed E-state index contributed by atoms with van der Waals surface area (Å²) in [4.78, 5) is 0. The molecule has 0 radical (unpaired) electrons. The van der Waals surface area contributed by atoms with Crippen LogP contribution >= 0.6 is 0 Å². The maximum absolute atomic E-state index is 2.33. The lowest BCUT2D eigenvalue weighted by atomic mass is 9.85. The fourth-order valence-electron chi connectivity index (χ4n) is 4.82. The second-order valence-corrected chi connectivity index (χ2v) is 8.63. The van der Waals surface area contributed by atoms with Crippen molar-refractivity contribution in [1.29, 1.82) is 0 Å². The Bertz CT molecular complexity index is 1240. The molecule has 0 N–H and O–H groups in total. The number of hydrogen-bond acceptors (Lipinski definition) is 0. The van der Waals surface area contributed by atoms with Crippen LogP contribution in [0.4, 0.5) is 0 Å². The van der Waals surface area contributed by atoms with Crippen LogP contribution in [0, 0.1) is 6.92 Å². The van der Waals surface area contributed by atoms with Gasteiger partial charge in [-0.2, -0.15) is 0 Å². The average Bonchev–Trinajstić information content (AvgIpc) is 2.82. The van der Waals surface area contributed by atoms with Crippen molar-refractivity contribution in [3.63, 3.8) is 0 Å². The predicted octanol–water partition coefficient (Wildman–Crippen LogP) is 8.26. The van der Waals surface area contributed by atoms with Crippen LogP contribution < -0.4 is 0 Å². The van der Waals surface area contributed by atoms with E-state index in [1.165, 1.54) is 43.8 Å². The fraction of sp³-hybridized carbons (Fsp3) is 0.161. The summed E-state index contributed by atoms with van der Waals surface area (Å²) in [5.41, 5.74) is 5.66. The standard InChI is InChI=1S/C31H28/c1-23-15-17-25(18-16-23)26(21-24-9-3-2-4-10-24)19-20-31-29-13-7-5-11-27(29)22-28-12-6-8-14-30(28)31/h2-18,22,26H,19-21H2,1H3. The number of rotatable bonds is 6. The molecule has 5 aromatic rings. The van der Waals surface area contributed by atoms with Gasteiger partial charge in [0, 0.05) is 0 Å². The van der Waals surface area contributed by atoms with E-state index in [2.05, 4.69) is 116 Å². The van der Waals surface area contributed by atoms with E-state index in [1.54, 1.807) is 0 Å². The quantitative estimate of drug-likeness (QED) is 0.252. The summed E-state index contributed by atoms with van der Waals surface area (Å²) in [5.74, 6) is 0.501. The smallest absolute Gasteiger partial charge is 0.0118 e. The van der Waals surface area contributed by atoms with Crippen LogP contribution in [0.5, 0.6) is 0 Å². The van der Waals surface area contributed by atoms with E-state index in [4.69, 9.17) is 0 Å². The van der Waals surface area contributed by atoms with Gasteiger partial charge < -0.3 is 0 Å². The highest BCUT2D eigenvalue weighted by Crippen LogP contribution is 2.33. The molecule has 0 spiro atoms. The highest BCUT2D eigenvalue weighted by molar-refractivity contribution is 6.02. The third-order valence-corrected chi connectivity index (χ3v) is 6.50. The Labute approximate surface area is 185 Å². The summed E-state index contributed by atoms with van der Waals surface area (Å²) < 4.78 is 0. The van der Waals surface area contributed by atoms with Gasteiger partial charge in [0.1, 0.15) is 0 Å². The van der Waals surface area contributed by atoms with E-state index in [-0.39, 0.29) is 0 Å². The summed E-state index contributed by atoms with van der Waals surface area (Å²) in [6.45, 7) is 2.16. The summed E-state index contributed by atoms with van der Waals surface area (Å²) in [6, 6.07) is 40.1. The van der Waals surface area contributed by atoms with Crippen molar-refractivity contribution in [2.75, 3.05) is 0 Å². The Morgan fingerprint density at radius 2 is 1.19 bits per heavy atom. The van der Waals surface area contributed by atoms with E-state index in [0.717, 1.165) is 19.3 Å². The third kappa shape index (κ3) is 4.25. The zero-order chi connectivity index (χ0) is 21.0. The van der Waals surface area contributed by atoms with Gasteiger partial charge in [0.25, 0.3) is 0 Å². The number of benzene rings is 5. The molecule has 5 aromatic carbocycles. The van der Waals surface area contributed by atoms with E-state index >= 15 is 0 Å². The maximum Gasteiger partial charge on any atom is -0.0118 e. The van der Waals surface area contributed by atoms with Crippen molar-refractivity contribution in [3.8, 4) is 0 Å². The number of fused-ring (bicyclic) bond motifs is 2. The van der Waals surface area contributed by atoms with Crippen LogP contribution in [-0.2, 0) is 12.8 Å². The zero-order valence-electron chi connectivity index (χ0n) is 18.1. The molecule has 0 aliphatic carbocycles. The molecule has 1 atom stereocenters. The van der Waals surface area contributed by atoms with Crippen LogP contribution in [-0.4, -0.2) is 0 Å². The van der Waals surface area contributed by atoms with Crippen LogP contribution in [0.1, 0.15) is 34.6 Å². The zero-order valence-corrected chi connectivity index (χ0v) is 18.1. The summed E-state index contributed by atoms with van der Waals surface area (Å²) in [5, 5.41) is 5.46. The van der Waals surface area contributed by atoms with Crippen molar-refractivity contribution in [3.05, 3.63) is 131 Å². The third-order valence-electron chi connectivity index (χ3n) is 6.50. The van der Waals surface area contributed by atoms with E-state index < -0.39 is 0 Å². The molecule has 0 saturated heterocycles. The van der Waals surface area contributed by atoms with Gasteiger partial charge in [0.15, 0.2) is 0 Å². The highest BCUT2D eigenvalue weighted by Gasteiger charge is 2.15. The van der Waals surface area contributed by atoms with Crippen LogP contribution in [0.25, 0.3) is 21.5 Å². The fourth-order valence-corrected chi connectivity index (χ4v) is 4.82. The topological polar surface area (TPSA) is 0 Å². The van der Waals surface area contributed by atoms with Crippen LogP contribution in [0.3, 0.4) is 0 Å². The van der Waals surface area contributed by atoms with Crippen molar-refractivity contribution in [1.82, 2.24) is 0 Å². The van der Waals surface area contributed by atoms with Gasteiger partial charge in [-0.25, -0.2) is 0 Å². The summed E-state index contributed by atoms with van der Waals surface area (Å²) in [7, 11) is 0. The molecule has 152 valence electrons. The maximum atomic E-state index is 2.33. The minimum atomic E-state index is 0.501. The molecule has 5 rings (SSSR count). The molecule has 31 heavy (non-hydrogen) atoms. The van der Waals surface area contributed by atoms with Crippen molar-refractivity contribution in [2.45, 2.75) is 32.1 Å². The molecule has 1 unspecified atom stereocenters. The molecule has 0 amide bonds. The SMILES string of the molecule is Cc1ccc(C(CCc2c3ccccc3cc3ccccc23)Cc2ccccc2)cc1. The Morgan fingerprint density at radius 3 is 1.84 bits per heavy atom. The normalized spacial score (nSPS) is 12.3. The van der Waals surface area contributed by atoms with Crippen molar-refractivity contribution in [2.24, 2.45) is 0 Å². The molecule has 0 aromatic heterocycles. The Hall–Kier alpha value is -3.38. The minimum absolute atomic E-state index is 0.501. The van der Waals surface area contributed by atoms with E-state index in [9.17, 15) is 0 Å². The second kappa shape index (κ2) is 8.78. The number of aryl methyl sites for hydroxylation is 2. The molecule has 0 heteroatoms. The second-order valence-electron chi connectivity index (χ2n) is 8.63. The lowest BCUT2D eigenvalue weighted by Crippen LogP contribution is -2.06. The van der Waals surface area contributed by atoms with E-state index in [0.29, 0.717) is 5.92 Å². The van der Waals surface area contributed by atoms with Gasteiger partial charge in [-0.05, 0) is 76.4 Å². The predicted molar refractivity (Wildman–Crippen MR) is 134 cm³/mol. The molecule has 0 nitrogen and oxygen atoms in total. The van der Waals surface area contributed by atoms with Crippen LogP contribution in [0.2, 0.25) is 0 Å². The molecular formula is C31H28. The number of hydrogen-bond donors (Lipinski definition) is 0. The molecular weight excluding hydrogens is 372 g/mol. The van der Waals surface area contributed by atoms with Crippen molar-refractivity contribution >= 4 is 21.5 Å². The van der Waals surface area contributed by atoms with Crippen molar-refractivity contribution < 1.29 is 0 Å². The van der Waals surface area contributed by atoms with E-state index in [1.807, 2.05) is 0 Å². The molecule has 0 aliphatic rings. The molecule has 0 heterocycles. The monoisotopic (exact) mass is 400 g/mol. The van der Waals surface area contributed by atoms with Crippen LogP contribution in [0.15, 0.2) is 109 Å². The first kappa shape index (κ1) is 19.6. The molecule has 0 saturated carbocycles. The first-order valence-corrected chi connectivity index (χ1v) is 11.3. The van der Waals surface area contributed by atoms with Gasteiger partial charge >= 0.3 is 0 Å². The van der Waals surface area contributed by atoms with Gasteiger partial charge in [-0.1, -0.05) is 109 Å². The first-order chi connectivity index (χ1) is 15.3. The minimum Gasteiger partial charge on any atom is -0.0622 e. The largest absolute Gasteiger partial charge is 0.0622 e. The van der Waals surface area contributed by atoms with Gasteiger partial charge in [-0.3, -0.25) is 0 Å². The Kier molecular flexibility index (Phi) is 5.54. The average molecular weight is 401 g/mol. The molecule has 0 fully saturated rings.